The summed E-state index contributed by atoms with van der Waals surface area (Å²) in [6.45, 7) is -2.01. The van der Waals surface area contributed by atoms with Crippen molar-refractivity contribution in [2.24, 2.45) is 7.05 Å². The average molecular weight is 445 g/mol. The molecule has 2 aromatic carbocycles. The number of halogens is 1. The van der Waals surface area contributed by atoms with E-state index in [9.17, 15) is 9.90 Å². The lowest BCUT2D eigenvalue weighted by Gasteiger charge is -2.20. The van der Waals surface area contributed by atoms with Gasteiger partial charge in [0.15, 0.2) is 0 Å². The van der Waals surface area contributed by atoms with Crippen molar-refractivity contribution in [3.8, 4) is 11.1 Å². The quantitative estimate of drug-likeness (QED) is 0.498. The summed E-state index contributed by atoms with van der Waals surface area (Å²) < 4.78 is 32.7. The normalized spacial score (nSPS) is 16.8. The lowest BCUT2D eigenvalue weighted by Crippen LogP contribution is -2.24. The highest BCUT2D eigenvalue weighted by Gasteiger charge is 2.33. The second-order valence-corrected chi connectivity index (χ2v) is 8.80. The molecule has 33 heavy (non-hydrogen) atoms. The number of carbonyl (C=O) groups is 1. The second kappa shape index (κ2) is 7.49. The zero-order valence-corrected chi connectivity index (χ0v) is 18.0. The van der Waals surface area contributed by atoms with Gasteiger partial charge in [0.05, 0.1) is 32.6 Å². The van der Waals surface area contributed by atoms with Crippen LogP contribution < -0.4 is 0 Å². The molecule has 4 aromatic rings. The van der Waals surface area contributed by atoms with Gasteiger partial charge in [-0.2, -0.15) is 5.10 Å². The van der Waals surface area contributed by atoms with Crippen LogP contribution in [0.1, 0.15) is 54.2 Å². The summed E-state index contributed by atoms with van der Waals surface area (Å²) in [6.07, 6.45) is 5.35. The molecule has 7 heteroatoms. The van der Waals surface area contributed by atoms with Gasteiger partial charge in [-0.15, -0.1) is 0 Å². The van der Waals surface area contributed by atoms with Crippen LogP contribution >= 0.6 is 0 Å². The molecule has 2 aliphatic rings. The maximum atomic E-state index is 15.7. The zero-order valence-electron chi connectivity index (χ0n) is 20.0. The van der Waals surface area contributed by atoms with E-state index in [-0.39, 0.29) is 29.8 Å². The molecular formula is C26H23FN4O2. The molecule has 0 radical (unpaired) electrons. The molecule has 0 atom stereocenters. The van der Waals surface area contributed by atoms with Crippen molar-refractivity contribution in [3.63, 3.8) is 0 Å². The van der Waals surface area contributed by atoms with Crippen LogP contribution in [0.15, 0.2) is 48.8 Å². The van der Waals surface area contributed by atoms with E-state index in [0.29, 0.717) is 45.4 Å². The SMILES string of the molecule is [2H]C([2H])(O)c1ccc(-c2cc(F)c(CN3Cc4ncccc4C3=O)c(C3CC3)c2)c2cn(C)nc12. The minimum Gasteiger partial charge on any atom is -0.392 e. The van der Waals surface area contributed by atoms with Gasteiger partial charge >= 0.3 is 0 Å². The number of aryl methyl sites for hydroxylation is 1. The van der Waals surface area contributed by atoms with Gasteiger partial charge in [0, 0.05) is 42.5 Å². The van der Waals surface area contributed by atoms with Crippen molar-refractivity contribution in [2.75, 3.05) is 0 Å². The molecular weight excluding hydrogens is 419 g/mol. The summed E-state index contributed by atoms with van der Waals surface area (Å²) in [5, 5.41) is 15.0. The number of amides is 1. The van der Waals surface area contributed by atoms with Crippen molar-refractivity contribution in [1.82, 2.24) is 19.7 Å². The van der Waals surface area contributed by atoms with Gasteiger partial charge in [-0.25, -0.2) is 4.39 Å². The Kier molecular flexibility index (Phi) is 4.06. The highest BCUT2D eigenvalue weighted by molar-refractivity contribution is 5.98. The van der Waals surface area contributed by atoms with Crippen molar-refractivity contribution < 1.29 is 17.0 Å². The van der Waals surface area contributed by atoms with Crippen LogP contribution in [0, 0.1) is 5.82 Å². The lowest BCUT2D eigenvalue weighted by atomic mass is 9.93. The number of benzene rings is 2. The molecule has 0 unspecified atom stereocenters. The Morgan fingerprint density at radius 3 is 2.85 bits per heavy atom. The van der Waals surface area contributed by atoms with E-state index < -0.39 is 6.56 Å². The lowest BCUT2D eigenvalue weighted by molar-refractivity contribution is 0.0764. The standard InChI is InChI=1S/C26H23FN4O2/c1-30-11-22-18(7-6-16(14-32)25(22)29-30)17-9-20(15-4-5-15)21(23(27)10-17)12-31-13-24-19(26(31)33)3-2-8-28-24/h2-3,6-11,15,32H,4-5,12-14H2,1H3/i14D2. The average Bonchev–Trinajstić information content (AvgIpc) is 3.50. The fraction of sp³-hybridized carbons (Fsp3) is 0.269. The summed E-state index contributed by atoms with van der Waals surface area (Å²) in [7, 11) is 1.72. The van der Waals surface area contributed by atoms with Gasteiger partial charge in [0.25, 0.3) is 5.91 Å². The molecule has 0 bridgehead atoms. The molecule has 2 aromatic heterocycles. The van der Waals surface area contributed by atoms with E-state index in [0.717, 1.165) is 18.4 Å². The minimum atomic E-state index is -2.55. The van der Waals surface area contributed by atoms with Gasteiger partial charge in [0.2, 0.25) is 0 Å². The van der Waals surface area contributed by atoms with Crippen LogP contribution in [-0.4, -0.2) is 30.7 Å². The largest absolute Gasteiger partial charge is 0.392 e. The van der Waals surface area contributed by atoms with Crippen molar-refractivity contribution in [2.45, 2.75) is 38.4 Å². The summed E-state index contributed by atoms with van der Waals surface area (Å²) >= 11 is 0. The predicted octanol–water partition coefficient (Wildman–Crippen LogP) is 4.30. The smallest absolute Gasteiger partial charge is 0.256 e. The number of carbonyl (C=O) groups excluding carboxylic acids is 1. The van der Waals surface area contributed by atoms with Crippen LogP contribution in [0.5, 0.6) is 0 Å². The summed E-state index contributed by atoms with van der Waals surface area (Å²) in [6, 6.07) is 10.1. The molecule has 1 N–H and O–H groups in total. The van der Waals surface area contributed by atoms with E-state index >= 15 is 4.39 Å². The number of aromatic nitrogens is 3. The molecule has 6 nitrogen and oxygen atoms in total. The second-order valence-electron chi connectivity index (χ2n) is 8.80. The third-order valence-corrected chi connectivity index (χ3v) is 6.57. The van der Waals surface area contributed by atoms with Gasteiger partial charge in [0.1, 0.15) is 5.82 Å². The zero-order chi connectivity index (χ0) is 24.5. The summed E-state index contributed by atoms with van der Waals surface area (Å²) in [5.41, 5.74) is 4.49. The van der Waals surface area contributed by atoms with E-state index in [1.807, 2.05) is 6.07 Å². The van der Waals surface area contributed by atoms with Crippen LogP contribution in [0.25, 0.3) is 22.0 Å². The Hall–Kier alpha value is -3.58. The van der Waals surface area contributed by atoms with Crippen molar-refractivity contribution in [3.05, 3.63) is 82.6 Å². The number of aliphatic hydroxyl groups is 1. The molecule has 166 valence electrons. The molecule has 1 saturated carbocycles. The monoisotopic (exact) mass is 444 g/mol. The van der Waals surface area contributed by atoms with Gasteiger partial charge in [-0.05, 0) is 53.6 Å². The minimum absolute atomic E-state index is 0.0667. The molecule has 1 fully saturated rings. The Labute approximate surface area is 193 Å². The van der Waals surface area contributed by atoms with Crippen LogP contribution in [0.2, 0.25) is 0 Å². The Balaban J connectivity index is 1.43. The number of nitrogens with zero attached hydrogens (tertiary/aromatic N) is 4. The maximum Gasteiger partial charge on any atom is 0.256 e. The number of rotatable bonds is 5. The molecule has 6 rings (SSSR count). The first-order chi connectivity index (χ1) is 16.7. The molecule has 0 saturated heterocycles. The molecule has 1 aliphatic heterocycles. The number of fused-ring (bicyclic) bond motifs is 2. The first-order valence-electron chi connectivity index (χ1n) is 12.0. The van der Waals surface area contributed by atoms with Gasteiger partial charge in [-0.3, -0.25) is 14.5 Å². The van der Waals surface area contributed by atoms with Gasteiger partial charge in [-0.1, -0.05) is 18.2 Å². The Morgan fingerprint density at radius 2 is 2.09 bits per heavy atom. The number of pyridine rings is 1. The number of hydrogen-bond acceptors (Lipinski definition) is 4. The van der Waals surface area contributed by atoms with Crippen LogP contribution in [0.3, 0.4) is 0 Å². The van der Waals surface area contributed by atoms with Crippen LogP contribution in [0.4, 0.5) is 4.39 Å². The van der Waals surface area contributed by atoms with Crippen molar-refractivity contribution in [1.29, 1.82) is 0 Å². The van der Waals surface area contributed by atoms with E-state index in [1.165, 1.54) is 12.1 Å². The topological polar surface area (TPSA) is 71.2 Å². The first kappa shape index (κ1) is 17.9. The van der Waals surface area contributed by atoms with Crippen LogP contribution in [-0.2, 0) is 26.7 Å². The van der Waals surface area contributed by atoms with E-state index in [1.54, 1.807) is 47.2 Å². The molecule has 1 amide bonds. The summed E-state index contributed by atoms with van der Waals surface area (Å²) in [4.78, 5) is 18.8. The fourth-order valence-electron chi connectivity index (χ4n) is 4.80. The molecule has 0 spiro atoms. The van der Waals surface area contributed by atoms with E-state index in [4.69, 9.17) is 2.74 Å². The van der Waals surface area contributed by atoms with Gasteiger partial charge < -0.3 is 10.0 Å². The molecule has 3 heterocycles. The Bertz CT molecular complexity index is 1510. The Morgan fingerprint density at radius 1 is 1.24 bits per heavy atom. The first-order valence-corrected chi connectivity index (χ1v) is 11.0. The number of hydrogen-bond donors (Lipinski definition) is 1. The predicted molar refractivity (Wildman–Crippen MR) is 122 cm³/mol. The highest BCUT2D eigenvalue weighted by Crippen LogP contribution is 2.45. The highest BCUT2D eigenvalue weighted by atomic mass is 19.1. The summed E-state index contributed by atoms with van der Waals surface area (Å²) in [5.74, 6) is -0.267. The van der Waals surface area contributed by atoms with E-state index in [2.05, 4.69) is 10.1 Å². The third-order valence-electron chi connectivity index (χ3n) is 6.57. The van der Waals surface area contributed by atoms with Crippen molar-refractivity contribution >= 4 is 16.8 Å². The third kappa shape index (κ3) is 3.31. The maximum absolute atomic E-state index is 15.7. The molecule has 1 aliphatic carbocycles. The fourth-order valence-corrected chi connectivity index (χ4v) is 4.80.